The lowest BCUT2D eigenvalue weighted by atomic mass is 9.77. The second-order valence-corrected chi connectivity index (χ2v) is 6.01. The van der Waals surface area contributed by atoms with E-state index in [4.69, 9.17) is 14.5 Å². The first-order chi connectivity index (χ1) is 10.3. The maximum atomic E-state index is 5.65. The van der Waals surface area contributed by atoms with Gasteiger partial charge in [0.05, 0.1) is 11.0 Å². The Hall–Kier alpha value is -1.75. The van der Waals surface area contributed by atoms with Gasteiger partial charge in [0.15, 0.2) is 11.5 Å². The monoisotopic (exact) mass is 287 g/mol. The summed E-state index contributed by atoms with van der Waals surface area (Å²) in [5.41, 5.74) is 2.12. The summed E-state index contributed by atoms with van der Waals surface area (Å²) < 4.78 is 11.3. The van der Waals surface area contributed by atoms with Crippen LogP contribution in [0.4, 0.5) is 0 Å². The van der Waals surface area contributed by atoms with E-state index in [-0.39, 0.29) is 5.41 Å². The summed E-state index contributed by atoms with van der Waals surface area (Å²) in [6.07, 6.45) is 3.48. The van der Waals surface area contributed by atoms with Crippen LogP contribution < -0.4 is 14.8 Å². The molecule has 1 fully saturated rings. The fourth-order valence-electron chi connectivity index (χ4n) is 3.44. The Bertz CT molecular complexity index is 616. The summed E-state index contributed by atoms with van der Waals surface area (Å²) in [4.78, 5) is 8.38. The molecule has 0 aliphatic carbocycles. The molecule has 2 aromatic rings. The van der Waals surface area contributed by atoms with Crippen LogP contribution >= 0.6 is 0 Å². The van der Waals surface area contributed by atoms with Crippen molar-refractivity contribution in [1.82, 2.24) is 15.3 Å². The number of rotatable bonds is 2. The van der Waals surface area contributed by atoms with E-state index in [1.807, 2.05) is 12.1 Å². The van der Waals surface area contributed by atoms with E-state index in [0.717, 1.165) is 47.9 Å². The van der Waals surface area contributed by atoms with Gasteiger partial charge in [-0.05, 0) is 25.8 Å². The number of benzene rings is 1. The molecule has 1 unspecified atom stereocenters. The lowest BCUT2D eigenvalue weighted by Crippen LogP contribution is -2.43. The van der Waals surface area contributed by atoms with E-state index in [9.17, 15) is 0 Å². The van der Waals surface area contributed by atoms with E-state index >= 15 is 0 Å². The second-order valence-electron chi connectivity index (χ2n) is 6.01. The predicted molar refractivity (Wildman–Crippen MR) is 81.2 cm³/mol. The minimum atomic E-state index is 0.124. The Morgan fingerprint density at radius 2 is 2.05 bits per heavy atom. The van der Waals surface area contributed by atoms with E-state index < -0.39 is 0 Å². The highest BCUT2D eigenvalue weighted by atomic mass is 16.6. The van der Waals surface area contributed by atoms with Gasteiger partial charge in [-0.2, -0.15) is 0 Å². The number of ether oxygens (including phenoxy) is 2. The first-order valence-electron chi connectivity index (χ1n) is 7.81. The standard InChI is InChI=1S/C16H21N3O2/c1-2-16(4-3-5-17-10-16)15-18-11-8-13-14(9-12(11)19-15)21-7-6-20-13/h8-9,17H,2-7,10H2,1H3,(H,18,19). The van der Waals surface area contributed by atoms with Crippen LogP contribution in [0.3, 0.4) is 0 Å². The third-order valence-corrected chi connectivity index (χ3v) is 4.80. The molecule has 2 aliphatic heterocycles. The van der Waals surface area contributed by atoms with Crippen molar-refractivity contribution in [2.24, 2.45) is 0 Å². The summed E-state index contributed by atoms with van der Waals surface area (Å²) in [6, 6.07) is 4.00. The van der Waals surface area contributed by atoms with Crippen molar-refractivity contribution < 1.29 is 9.47 Å². The van der Waals surface area contributed by atoms with Crippen molar-refractivity contribution in [2.45, 2.75) is 31.6 Å². The molecule has 2 N–H and O–H groups in total. The molecule has 0 amide bonds. The van der Waals surface area contributed by atoms with Crippen molar-refractivity contribution in [3.05, 3.63) is 18.0 Å². The maximum Gasteiger partial charge on any atom is 0.163 e. The molecular weight excluding hydrogens is 266 g/mol. The van der Waals surface area contributed by atoms with Gasteiger partial charge in [0.1, 0.15) is 19.0 Å². The maximum absolute atomic E-state index is 5.65. The van der Waals surface area contributed by atoms with Crippen molar-refractivity contribution >= 4 is 11.0 Å². The molecule has 112 valence electrons. The molecule has 4 rings (SSSR count). The third-order valence-electron chi connectivity index (χ3n) is 4.80. The smallest absolute Gasteiger partial charge is 0.163 e. The molecule has 2 aliphatic rings. The van der Waals surface area contributed by atoms with Crippen LogP contribution in [0, 0.1) is 0 Å². The number of aromatic nitrogens is 2. The van der Waals surface area contributed by atoms with Crippen LogP contribution in [0.5, 0.6) is 11.5 Å². The van der Waals surface area contributed by atoms with E-state index in [1.54, 1.807) is 0 Å². The van der Waals surface area contributed by atoms with Gasteiger partial charge in [0, 0.05) is 24.1 Å². The number of nitrogens with zero attached hydrogens (tertiary/aromatic N) is 1. The van der Waals surface area contributed by atoms with Crippen LogP contribution in [-0.4, -0.2) is 36.3 Å². The van der Waals surface area contributed by atoms with Crippen LogP contribution in [-0.2, 0) is 5.41 Å². The Morgan fingerprint density at radius 1 is 1.24 bits per heavy atom. The SMILES string of the molecule is CCC1(c2nc3cc4c(cc3[nH]2)OCCO4)CCCNC1. The molecule has 5 nitrogen and oxygen atoms in total. The molecule has 1 aromatic carbocycles. The number of hydrogen-bond acceptors (Lipinski definition) is 4. The molecule has 1 aromatic heterocycles. The van der Waals surface area contributed by atoms with Gasteiger partial charge in [-0.15, -0.1) is 0 Å². The number of H-pyrrole nitrogens is 1. The lowest BCUT2D eigenvalue weighted by molar-refractivity contribution is 0.172. The number of fused-ring (bicyclic) bond motifs is 2. The van der Waals surface area contributed by atoms with Crippen LogP contribution in [0.25, 0.3) is 11.0 Å². The molecule has 5 heteroatoms. The summed E-state index contributed by atoms with van der Waals surface area (Å²) in [5.74, 6) is 2.71. The predicted octanol–water partition coefficient (Wildman–Crippen LogP) is 2.37. The highest BCUT2D eigenvalue weighted by Gasteiger charge is 2.35. The number of nitrogens with one attached hydrogen (secondary N) is 2. The zero-order valence-electron chi connectivity index (χ0n) is 12.4. The molecule has 0 radical (unpaired) electrons. The fraction of sp³-hybridized carbons (Fsp3) is 0.562. The first kappa shape index (κ1) is 13.0. The normalized spacial score (nSPS) is 25.2. The summed E-state index contributed by atoms with van der Waals surface area (Å²) >= 11 is 0. The number of piperidine rings is 1. The van der Waals surface area contributed by atoms with Crippen LogP contribution in [0.15, 0.2) is 12.1 Å². The van der Waals surface area contributed by atoms with Gasteiger partial charge in [0.2, 0.25) is 0 Å². The fourth-order valence-corrected chi connectivity index (χ4v) is 3.44. The summed E-state index contributed by atoms with van der Waals surface area (Å²) in [7, 11) is 0. The van der Waals surface area contributed by atoms with Gasteiger partial charge < -0.3 is 19.8 Å². The van der Waals surface area contributed by atoms with Crippen molar-refractivity contribution in [3.8, 4) is 11.5 Å². The zero-order chi connectivity index (χ0) is 14.3. The topological polar surface area (TPSA) is 59.2 Å². The van der Waals surface area contributed by atoms with Crippen molar-refractivity contribution in [2.75, 3.05) is 26.3 Å². The molecule has 21 heavy (non-hydrogen) atoms. The average molecular weight is 287 g/mol. The largest absolute Gasteiger partial charge is 0.486 e. The summed E-state index contributed by atoms with van der Waals surface area (Å²) in [6.45, 7) is 5.58. The number of hydrogen-bond donors (Lipinski definition) is 2. The van der Waals surface area contributed by atoms with Crippen molar-refractivity contribution in [3.63, 3.8) is 0 Å². The molecule has 3 heterocycles. The lowest BCUT2D eigenvalue weighted by Gasteiger charge is -2.35. The second kappa shape index (κ2) is 4.91. The van der Waals surface area contributed by atoms with Crippen LogP contribution in [0.1, 0.15) is 32.0 Å². The van der Waals surface area contributed by atoms with Gasteiger partial charge in [-0.1, -0.05) is 6.92 Å². The molecule has 1 atom stereocenters. The molecular formula is C16H21N3O2. The Morgan fingerprint density at radius 3 is 2.76 bits per heavy atom. The highest BCUT2D eigenvalue weighted by Crippen LogP contribution is 2.37. The molecule has 0 saturated carbocycles. The Kier molecular flexibility index (Phi) is 3.03. The van der Waals surface area contributed by atoms with E-state index in [2.05, 4.69) is 17.2 Å². The Labute approximate surface area is 124 Å². The van der Waals surface area contributed by atoms with E-state index in [0.29, 0.717) is 13.2 Å². The average Bonchev–Trinajstić information content (AvgIpc) is 2.96. The van der Waals surface area contributed by atoms with Crippen LogP contribution in [0.2, 0.25) is 0 Å². The van der Waals surface area contributed by atoms with E-state index in [1.165, 1.54) is 12.8 Å². The van der Waals surface area contributed by atoms with Gasteiger partial charge in [0.25, 0.3) is 0 Å². The summed E-state index contributed by atoms with van der Waals surface area (Å²) in [5, 5.41) is 3.52. The minimum Gasteiger partial charge on any atom is -0.486 e. The van der Waals surface area contributed by atoms with Gasteiger partial charge >= 0.3 is 0 Å². The highest BCUT2D eigenvalue weighted by molar-refractivity contribution is 5.80. The molecule has 0 spiro atoms. The minimum absolute atomic E-state index is 0.124. The molecule has 1 saturated heterocycles. The Balaban J connectivity index is 1.79. The third kappa shape index (κ3) is 2.07. The van der Waals surface area contributed by atoms with Gasteiger partial charge in [-0.25, -0.2) is 4.98 Å². The quantitative estimate of drug-likeness (QED) is 0.890. The first-order valence-corrected chi connectivity index (χ1v) is 7.81. The number of imidazole rings is 1. The van der Waals surface area contributed by atoms with Crippen molar-refractivity contribution in [1.29, 1.82) is 0 Å². The number of aromatic amines is 1. The molecule has 0 bridgehead atoms. The zero-order valence-corrected chi connectivity index (χ0v) is 12.4. The van der Waals surface area contributed by atoms with Gasteiger partial charge in [-0.3, -0.25) is 0 Å².